The quantitative estimate of drug-likeness (QED) is 0.583. The summed E-state index contributed by atoms with van der Waals surface area (Å²) in [5.41, 5.74) is 1.09. The smallest absolute Gasteiger partial charge is 0.195 e. The van der Waals surface area contributed by atoms with E-state index >= 15 is 0 Å². The van der Waals surface area contributed by atoms with Crippen LogP contribution >= 0.6 is 22.7 Å². The van der Waals surface area contributed by atoms with Crippen LogP contribution in [0.15, 0.2) is 35.0 Å². The first-order chi connectivity index (χ1) is 7.79. The van der Waals surface area contributed by atoms with Gasteiger partial charge in [-0.2, -0.15) is 11.3 Å². The number of rotatable bonds is 4. The van der Waals surface area contributed by atoms with Gasteiger partial charge in [0.15, 0.2) is 5.78 Å². The van der Waals surface area contributed by atoms with Gasteiger partial charge in [-0.15, -0.1) is 11.3 Å². The van der Waals surface area contributed by atoms with Gasteiger partial charge in [-0.1, -0.05) is 13.0 Å². The van der Waals surface area contributed by atoms with Crippen LogP contribution in [0.2, 0.25) is 0 Å². The van der Waals surface area contributed by atoms with Gasteiger partial charge in [-0.25, -0.2) is 0 Å². The summed E-state index contributed by atoms with van der Waals surface area (Å²) < 4.78 is 0. The van der Waals surface area contributed by atoms with Gasteiger partial charge in [0.05, 0.1) is 4.88 Å². The lowest BCUT2D eigenvalue weighted by Gasteiger charge is -1.88. The number of ketones is 1. The fourth-order valence-electron chi connectivity index (χ4n) is 1.32. The van der Waals surface area contributed by atoms with Gasteiger partial charge in [-0.3, -0.25) is 4.79 Å². The number of hydrogen-bond donors (Lipinski definition) is 0. The lowest BCUT2D eigenvalue weighted by Crippen LogP contribution is -1.88. The van der Waals surface area contributed by atoms with Crippen LogP contribution in [-0.2, 0) is 6.42 Å². The van der Waals surface area contributed by atoms with E-state index in [1.807, 2.05) is 35.0 Å². The Kier molecular flexibility index (Phi) is 3.70. The first-order valence-corrected chi connectivity index (χ1v) is 6.89. The maximum Gasteiger partial charge on any atom is 0.195 e. The van der Waals surface area contributed by atoms with Gasteiger partial charge in [0.2, 0.25) is 0 Å². The second kappa shape index (κ2) is 5.23. The minimum Gasteiger partial charge on any atom is -0.288 e. The molecule has 0 saturated carbocycles. The lowest BCUT2D eigenvalue weighted by molar-refractivity contribution is 0.105. The predicted molar refractivity (Wildman–Crippen MR) is 71.4 cm³/mol. The Bertz CT molecular complexity index is 492. The van der Waals surface area contributed by atoms with E-state index in [4.69, 9.17) is 0 Å². The van der Waals surface area contributed by atoms with Gasteiger partial charge in [-0.05, 0) is 47.0 Å². The van der Waals surface area contributed by atoms with Crippen molar-refractivity contribution in [1.82, 2.24) is 0 Å². The molecule has 0 bridgehead atoms. The summed E-state index contributed by atoms with van der Waals surface area (Å²) in [4.78, 5) is 13.9. The molecule has 0 amide bonds. The monoisotopic (exact) mass is 248 g/mol. The Morgan fingerprint density at radius 2 is 2.25 bits per heavy atom. The minimum absolute atomic E-state index is 0.0934. The molecule has 0 aromatic carbocycles. The third-order valence-electron chi connectivity index (χ3n) is 2.22. The first kappa shape index (κ1) is 11.3. The summed E-state index contributed by atoms with van der Waals surface area (Å²) in [6, 6.07) is 5.93. The molecule has 82 valence electrons. The highest BCUT2D eigenvalue weighted by Gasteiger charge is 2.04. The molecule has 0 aliphatic rings. The van der Waals surface area contributed by atoms with E-state index in [0.717, 1.165) is 16.9 Å². The molecule has 0 radical (unpaired) electrons. The largest absolute Gasteiger partial charge is 0.288 e. The standard InChI is InChI=1S/C13H12OS2/c1-2-11-4-6-13(16-11)12(14)5-3-10-7-8-15-9-10/h3-9H,2H2,1H3. The molecular weight excluding hydrogens is 236 g/mol. The number of carbonyl (C=O) groups excluding carboxylic acids is 1. The first-order valence-electron chi connectivity index (χ1n) is 5.13. The number of carbonyl (C=O) groups is 1. The molecule has 0 unspecified atom stereocenters. The van der Waals surface area contributed by atoms with Crippen LogP contribution in [0.4, 0.5) is 0 Å². The highest BCUT2D eigenvalue weighted by atomic mass is 32.1. The summed E-state index contributed by atoms with van der Waals surface area (Å²) in [5.74, 6) is 0.0934. The van der Waals surface area contributed by atoms with Crippen LogP contribution in [0, 0.1) is 0 Å². The van der Waals surface area contributed by atoms with Crippen LogP contribution in [0.25, 0.3) is 6.08 Å². The third kappa shape index (κ3) is 2.68. The molecule has 0 N–H and O–H groups in total. The number of aryl methyl sites for hydroxylation is 1. The van der Waals surface area contributed by atoms with E-state index in [2.05, 4.69) is 6.92 Å². The van der Waals surface area contributed by atoms with Crippen LogP contribution in [0.3, 0.4) is 0 Å². The highest BCUT2D eigenvalue weighted by Crippen LogP contribution is 2.18. The highest BCUT2D eigenvalue weighted by molar-refractivity contribution is 7.14. The fourth-order valence-corrected chi connectivity index (χ4v) is 2.82. The number of hydrogen-bond acceptors (Lipinski definition) is 3. The maximum absolute atomic E-state index is 11.8. The van der Waals surface area contributed by atoms with E-state index < -0.39 is 0 Å². The molecule has 0 aliphatic heterocycles. The Balaban J connectivity index is 2.08. The average molecular weight is 248 g/mol. The zero-order chi connectivity index (χ0) is 11.4. The molecule has 2 aromatic rings. The number of thiophene rings is 2. The Hall–Kier alpha value is -1.19. The van der Waals surface area contributed by atoms with Crippen LogP contribution in [0.1, 0.15) is 27.0 Å². The zero-order valence-electron chi connectivity index (χ0n) is 8.97. The molecule has 0 atom stereocenters. The molecule has 3 heteroatoms. The predicted octanol–water partition coefficient (Wildman–Crippen LogP) is 4.27. The van der Waals surface area contributed by atoms with Crippen molar-refractivity contribution in [3.63, 3.8) is 0 Å². The maximum atomic E-state index is 11.8. The summed E-state index contributed by atoms with van der Waals surface area (Å²) in [6.45, 7) is 2.10. The van der Waals surface area contributed by atoms with Crippen LogP contribution in [0.5, 0.6) is 0 Å². The van der Waals surface area contributed by atoms with E-state index in [1.54, 1.807) is 28.7 Å². The van der Waals surface area contributed by atoms with Crippen molar-refractivity contribution in [2.24, 2.45) is 0 Å². The van der Waals surface area contributed by atoms with E-state index in [-0.39, 0.29) is 5.78 Å². The van der Waals surface area contributed by atoms with Gasteiger partial charge in [0.25, 0.3) is 0 Å². The van der Waals surface area contributed by atoms with Crippen molar-refractivity contribution in [2.45, 2.75) is 13.3 Å². The van der Waals surface area contributed by atoms with Crippen LogP contribution < -0.4 is 0 Å². The van der Waals surface area contributed by atoms with Crippen molar-refractivity contribution < 1.29 is 4.79 Å². The molecule has 0 fully saturated rings. The molecule has 0 spiro atoms. The lowest BCUT2D eigenvalue weighted by atomic mass is 10.2. The van der Waals surface area contributed by atoms with Gasteiger partial charge < -0.3 is 0 Å². The fraction of sp³-hybridized carbons (Fsp3) is 0.154. The molecule has 16 heavy (non-hydrogen) atoms. The topological polar surface area (TPSA) is 17.1 Å². The average Bonchev–Trinajstić information content (AvgIpc) is 2.96. The summed E-state index contributed by atoms with van der Waals surface area (Å²) >= 11 is 3.21. The second-order valence-electron chi connectivity index (χ2n) is 3.37. The number of allylic oxidation sites excluding steroid dienone is 1. The summed E-state index contributed by atoms with van der Waals surface area (Å²) in [7, 11) is 0. The molecule has 2 rings (SSSR count). The van der Waals surface area contributed by atoms with Gasteiger partial charge >= 0.3 is 0 Å². The molecule has 2 heterocycles. The third-order valence-corrected chi connectivity index (χ3v) is 4.17. The van der Waals surface area contributed by atoms with Crippen molar-refractivity contribution in [3.8, 4) is 0 Å². The van der Waals surface area contributed by atoms with Crippen molar-refractivity contribution in [3.05, 3.63) is 50.4 Å². The van der Waals surface area contributed by atoms with Crippen molar-refractivity contribution in [1.29, 1.82) is 0 Å². The SMILES string of the molecule is CCc1ccc(C(=O)C=Cc2ccsc2)s1. The minimum atomic E-state index is 0.0934. The normalized spacial score (nSPS) is 11.1. The Labute approximate surface area is 103 Å². The molecule has 0 saturated heterocycles. The van der Waals surface area contributed by atoms with E-state index in [9.17, 15) is 4.79 Å². The molecular formula is C13H12OS2. The summed E-state index contributed by atoms with van der Waals surface area (Å²) in [6.07, 6.45) is 4.50. The Morgan fingerprint density at radius 3 is 2.88 bits per heavy atom. The van der Waals surface area contributed by atoms with E-state index in [0.29, 0.717) is 0 Å². The second-order valence-corrected chi connectivity index (χ2v) is 5.32. The van der Waals surface area contributed by atoms with Crippen molar-refractivity contribution in [2.75, 3.05) is 0 Å². The molecule has 0 aliphatic carbocycles. The Morgan fingerprint density at radius 1 is 1.38 bits per heavy atom. The van der Waals surface area contributed by atoms with Crippen molar-refractivity contribution >= 4 is 34.5 Å². The zero-order valence-corrected chi connectivity index (χ0v) is 10.6. The van der Waals surface area contributed by atoms with E-state index in [1.165, 1.54) is 4.88 Å². The van der Waals surface area contributed by atoms with Crippen LogP contribution in [-0.4, -0.2) is 5.78 Å². The molecule has 1 nitrogen and oxygen atoms in total. The van der Waals surface area contributed by atoms with Gasteiger partial charge in [0.1, 0.15) is 0 Å². The summed E-state index contributed by atoms with van der Waals surface area (Å²) in [5, 5.41) is 4.03. The molecule has 2 aromatic heterocycles. The van der Waals surface area contributed by atoms with Gasteiger partial charge in [0, 0.05) is 4.88 Å².